The smallest absolute Gasteiger partial charge is 0.323 e. The van der Waals surface area contributed by atoms with Crippen molar-refractivity contribution in [3.05, 3.63) is 77.6 Å². The molecule has 11 nitrogen and oxygen atoms in total. The number of carbonyl (C=O) groups is 2. The maximum Gasteiger partial charge on any atom is 0.323 e. The molecule has 0 radical (unpaired) electrons. The van der Waals surface area contributed by atoms with E-state index in [0.29, 0.717) is 43.4 Å². The van der Waals surface area contributed by atoms with Crippen molar-refractivity contribution in [1.82, 2.24) is 9.80 Å². The molecule has 3 amide bonds. The lowest BCUT2D eigenvalue weighted by atomic mass is 10.0. The molecule has 2 aliphatic rings. The van der Waals surface area contributed by atoms with Gasteiger partial charge in [0.2, 0.25) is 6.79 Å². The van der Waals surface area contributed by atoms with Gasteiger partial charge in [0.1, 0.15) is 11.6 Å². The first kappa shape index (κ1) is 35.9. The molecule has 0 saturated carbocycles. The van der Waals surface area contributed by atoms with Crippen LogP contribution in [0.2, 0.25) is 0 Å². The van der Waals surface area contributed by atoms with E-state index in [-0.39, 0.29) is 43.0 Å². The van der Waals surface area contributed by atoms with E-state index >= 15 is 0 Å². The Morgan fingerprint density at radius 2 is 1.71 bits per heavy atom. The minimum Gasteiger partial charge on any atom is -0.490 e. The Labute approximate surface area is 287 Å². The Kier molecular flexibility index (Phi) is 12.3. The Bertz CT molecular complexity index is 1570. The van der Waals surface area contributed by atoms with E-state index < -0.39 is 17.9 Å². The molecule has 5 rings (SSSR count). The van der Waals surface area contributed by atoms with Gasteiger partial charge in [0.25, 0.3) is 5.91 Å². The number of hydrogen-bond acceptors (Lipinski definition) is 8. The number of likely N-dealkylation sites (N-methyl/N-ethyl adjacent to an activating group) is 1. The number of carbonyl (C=O) groups excluding carboxylic acids is 2. The van der Waals surface area contributed by atoms with Crippen LogP contribution in [0.4, 0.5) is 20.6 Å². The van der Waals surface area contributed by atoms with Crippen LogP contribution in [-0.4, -0.2) is 85.2 Å². The van der Waals surface area contributed by atoms with Crippen LogP contribution in [0.25, 0.3) is 0 Å². The number of anilines is 2. The molecule has 0 bridgehead atoms. The number of halogens is 1. The molecule has 2 heterocycles. The Morgan fingerprint density at radius 3 is 2.49 bits per heavy atom. The fourth-order valence-electron chi connectivity index (χ4n) is 6.01. The van der Waals surface area contributed by atoms with Gasteiger partial charge in [-0.15, -0.1) is 0 Å². The van der Waals surface area contributed by atoms with Crippen LogP contribution in [-0.2, 0) is 11.3 Å². The fourth-order valence-corrected chi connectivity index (χ4v) is 6.01. The maximum atomic E-state index is 14.4. The SMILES string of the molecule is C[C@@H]1CN([C@H](C)CO)C(=O)c2cc(NC(=O)Nc3ccc(F)cc3)ccc2O[C@@H](C)CCCCO[C@@H]1CN(C)Cc1ccc2c(c1)OCO2. The molecule has 3 aromatic carbocycles. The van der Waals surface area contributed by atoms with Gasteiger partial charge in [-0.25, -0.2) is 9.18 Å². The summed E-state index contributed by atoms with van der Waals surface area (Å²) in [6, 6.07) is 15.3. The van der Waals surface area contributed by atoms with Crippen LogP contribution in [0.15, 0.2) is 60.7 Å². The summed E-state index contributed by atoms with van der Waals surface area (Å²) in [6.45, 7) is 8.01. The molecule has 0 fully saturated rings. The van der Waals surface area contributed by atoms with Crippen molar-refractivity contribution >= 4 is 23.3 Å². The normalized spacial score (nSPS) is 20.6. The first-order valence-electron chi connectivity index (χ1n) is 16.8. The van der Waals surface area contributed by atoms with Crippen LogP contribution in [0, 0.1) is 11.7 Å². The van der Waals surface area contributed by atoms with Crippen molar-refractivity contribution in [2.45, 2.75) is 64.8 Å². The zero-order valence-corrected chi connectivity index (χ0v) is 28.6. The van der Waals surface area contributed by atoms with E-state index in [0.717, 1.165) is 36.3 Å². The number of fused-ring (bicyclic) bond motifs is 2. The zero-order chi connectivity index (χ0) is 34.9. The second-order valence-corrected chi connectivity index (χ2v) is 13.0. The molecular formula is C37H47FN4O7. The van der Waals surface area contributed by atoms with Crippen LogP contribution >= 0.6 is 0 Å². The Hall–Kier alpha value is -4.39. The Balaban J connectivity index is 1.36. The third-order valence-corrected chi connectivity index (χ3v) is 8.79. The van der Waals surface area contributed by atoms with Crippen molar-refractivity contribution in [2.24, 2.45) is 5.92 Å². The van der Waals surface area contributed by atoms with E-state index in [1.165, 1.54) is 24.3 Å². The number of amides is 3. The predicted molar refractivity (Wildman–Crippen MR) is 185 cm³/mol. The molecular weight excluding hydrogens is 631 g/mol. The second kappa shape index (κ2) is 16.8. The molecule has 264 valence electrons. The lowest BCUT2D eigenvalue weighted by Crippen LogP contribution is -2.47. The number of nitrogens with one attached hydrogen (secondary N) is 2. The summed E-state index contributed by atoms with van der Waals surface area (Å²) in [5.41, 5.74) is 2.15. The molecule has 0 unspecified atom stereocenters. The summed E-state index contributed by atoms with van der Waals surface area (Å²) in [4.78, 5) is 31.0. The molecule has 3 N–H and O–H groups in total. The third kappa shape index (κ3) is 9.84. The zero-order valence-electron chi connectivity index (χ0n) is 28.6. The van der Waals surface area contributed by atoms with Crippen molar-refractivity contribution in [1.29, 1.82) is 0 Å². The molecule has 49 heavy (non-hydrogen) atoms. The molecule has 0 aliphatic carbocycles. The number of hydrogen-bond donors (Lipinski definition) is 3. The highest BCUT2D eigenvalue weighted by Crippen LogP contribution is 2.33. The predicted octanol–water partition coefficient (Wildman–Crippen LogP) is 6.13. The maximum absolute atomic E-state index is 14.4. The number of nitrogens with zero attached hydrogens (tertiary/aromatic N) is 2. The average Bonchev–Trinajstić information content (AvgIpc) is 3.55. The lowest BCUT2D eigenvalue weighted by molar-refractivity contribution is -0.0177. The van der Waals surface area contributed by atoms with Crippen molar-refractivity contribution in [3.8, 4) is 17.2 Å². The molecule has 0 spiro atoms. The second-order valence-electron chi connectivity index (χ2n) is 13.0. The number of benzene rings is 3. The number of aliphatic hydroxyl groups excluding tert-OH is 1. The first-order valence-corrected chi connectivity index (χ1v) is 16.8. The van der Waals surface area contributed by atoms with Gasteiger partial charge in [0.15, 0.2) is 11.5 Å². The van der Waals surface area contributed by atoms with Crippen LogP contribution < -0.4 is 24.8 Å². The van der Waals surface area contributed by atoms with E-state index in [1.54, 1.807) is 30.0 Å². The van der Waals surface area contributed by atoms with Crippen molar-refractivity contribution < 1.29 is 38.0 Å². The molecule has 0 aromatic heterocycles. The van der Waals surface area contributed by atoms with Gasteiger partial charge >= 0.3 is 6.03 Å². The summed E-state index contributed by atoms with van der Waals surface area (Å²) in [6.07, 6.45) is 2.13. The highest BCUT2D eigenvalue weighted by atomic mass is 19.1. The summed E-state index contributed by atoms with van der Waals surface area (Å²) in [7, 11) is 2.04. The van der Waals surface area contributed by atoms with E-state index in [1.807, 2.05) is 32.2 Å². The number of urea groups is 1. The minimum absolute atomic E-state index is 0.0915. The van der Waals surface area contributed by atoms with E-state index in [2.05, 4.69) is 22.5 Å². The topological polar surface area (TPSA) is 122 Å². The number of aliphatic hydroxyl groups is 1. The van der Waals surface area contributed by atoms with Crippen LogP contribution in [0.1, 0.15) is 56.0 Å². The van der Waals surface area contributed by atoms with Gasteiger partial charge in [-0.2, -0.15) is 0 Å². The van der Waals surface area contributed by atoms with Gasteiger partial charge in [0, 0.05) is 43.5 Å². The first-order chi connectivity index (χ1) is 23.6. The average molecular weight is 679 g/mol. The van der Waals surface area contributed by atoms with E-state index in [9.17, 15) is 19.1 Å². The van der Waals surface area contributed by atoms with Crippen LogP contribution in [0.3, 0.4) is 0 Å². The summed E-state index contributed by atoms with van der Waals surface area (Å²) in [5, 5.41) is 15.7. The van der Waals surface area contributed by atoms with Crippen LogP contribution in [0.5, 0.6) is 17.2 Å². The quantitative estimate of drug-likeness (QED) is 0.261. The lowest BCUT2D eigenvalue weighted by Gasteiger charge is -2.36. The molecule has 12 heteroatoms. The number of ether oxygens (including phenoxy) is 4. The highest BCUT2D eigenvalue weighted by Gasteiger charge is 2.30. The monoisotopic (exact) mass is 678 g/mol. The standard InChI is InChI=1S/C37H47FN4O7/c1-24-19-42(25(2)22-43)36(44)31-18-30(40-37(45)39-29-11-9-28(38)10-12-29)13-15-32(31)49-26(3)7-5-6-16-46-35(24)21-41(4)20-27-8-14-33-34(17-27)48-23-47-33/h8-15,17-18,24-26,35,43H,5-7,16,19-23H2,1-4H3,(H2,39,40,45)/t24-,25-,26+,35-/m1/s1. The molecule has 3 aromatic rings. The minimum atomic E-state index is -0.548. The molecule has 4 atom stereocenters. The van der Waals surface area contributed by atoms with Crippen molar-refractivity contribution in [2.75, 3.05) is 50.8 Å². The molecule has 2 aliphatic heterocycles. The summed E-state index contributed by atoms with van der Waals surface area (Å²) < 4.78 is 37.1. The van der Waals surface area contributed by atoms with Crippen molar-refractivity contribution in [3.63, 3.8) is 0 Å². The Morgan fingerprint density at radius 1 is 1.00 bits per heavy atom. The van der Waals surface area contributed by atoms with Gasteiger partial charge < -0.3 is 39.6 Å². The van der Waals surface area contributed by atoms with E-state index in [4.69, 9.17) is 18.9 Å². The fraction of sp³-hybridized carbons (Fsp3) is 0.459. The van der Waals surface area contributed by atoms with Gasteiger partial charge in [-0.3, -0.25) is 9.69 Å². The van der Waals surface area contributed by atoms with Gasteiger partial charge in [-0.05, 0) is 100 Å². The van der Waals surface area contributed by atoms with Gasteiger partial charge in [-0.1, -0.05) is 13.0 Å². The third-order valence-electron chi connectivity index (χ3n) is 8.79. The summed E-state index contributed by atoms with van der Waals surface area (Å²) >= 11 is 0. The number of rotatable bonds is 8. The largest absolute Gasteiger partial charge is 0.490 e. The highest BCUT2D eigenvalue weighted by molar-refractivity contribution is 6.02. The molecule has 0 saturated heterocycles. The van der Waals surface area contributed by atoms with Gasteiger partial charge in [0.05, 0.1) is 30.4 Å². The summed E-state index contributed by atoms with van der Waals surface area (Å²) in [5.74, 6) is 1.06.